The molecule has 0 radical (unpaired) electrons. The number of nitrogens with zero attached hydrogens (tertiary/aromatic N) is 1. The molecule has 0 saturated heterocycles. The zero-order valence-electron chi connectivity index (χ0n) is 12.9. The number of rotatable bonds is 5. The van der Waals surface area contributed by atoms with Crippen molar-refractivity contribution in [3.63, 3.8) is 0 Å². The van der Waals surface area contributed by atoms with Gasteiger partial charge < -0.3 is 14.6 Å². The van der Waals surface area contributed by atoms with Crippen molar-refractivity contribution in [3.05, 3.63) is 54.0 Å². The second kappa shape index (κ2) is 6.84. The van der Waals surface area contributed by atoms with Crippen LogP contribution in [0.5, 0.6) is 0 Å². The summed E-state index contributed by atoms with van der Waals surface area (Å²) in [6.45, 7) is 2.22. The smallest absolute Gasteiger partial charge is 0.317 e. The van der Waals surface area contributed by atoms with Crippen LogP contribution in [-0.4, -0.2) is 26.4 Å². The summed E-state index contributed by atoms with van der Waals surface area (Å²) in [4.78, 5) is 13.7. The fourth-order valence-corrected chi connectivity index (χ4v) is 2.55. The van der Waals surface area contributed by atoms with Crippen LogP contribution in [0.1, 0.15) is 24.1 Å². The average molecular weight is 337 g/mol. The molecule has 1 atom stereocenters. The zero-order chi connectivity index (χ0) is 17.0. The first-order valence-electron chi connectivity index (χ1n) is 6.93. The maximum absolute atomic E-state index is 12.1. The lowest BCUT2D eigenvalue weighted by molar-refractivity contribution is 0.194. The number of primary sulfonamides is 1. The van der Waals surface area contributed by atoms with Crippen LogP contribution in [-0.2, 0) is 16.6 Å². The van der Waals surface area contributed by atoms with Crippen LogP contribution in [0.25, 0.3) is 0 Å². The minimum Gasteiger partial charge on any atom is -0.472 e. The Morgan fingerprint density at radius 2 is 1.96 bits per heavy atom. The van der Waals surface area contributed by atoms with E-state index in [0.717, 1.165) is 11.1 Å². The topological polar surface area (TPSA) is 106 Å². The lowest BCUT2D eigenvalue weighted by Crippen LogP contribution is -2.38. The van der Waals surface area contributed by atoms with Crippen LogP contribution < -0.4 is 10.5 Å². The van der Waals surface area contributed by atoms with E-state index in [4.69, 9.17) is 9.56 Å². The van der Waals surface area contributed by atoms with Gasteiger partial charge in [0.1, 0.15) is 0 Å². The van der Waals surface area contributed by atoms with Crippen molar-refractivity contribution in [1.82, 2.24) is 10.2 Å². The first-order chi connectivity index (χ1) is 10.8. The Morgan fingerprint density at radius 3 is 2.48 bits per heavy atom. The fourth-order valence-electron chi connectivity index (χ4n) is 2.03. The summed E-state index contributed by atoms with van der Waals surface area (Å²) in [5, 5.41) is 7.85. The summed E-state index contributed by atoms with van der Waals surface area (Å²) in [6.07, 6.45) is 3.11. The van der Waals surface area contributed by atoms with Crippen LogP contribution in [0.2, 0.25) is 0 Å². The molecule has 0 spiro atoms. The van der Waals surface area contributed by atoms with Crippen molar-refractivity contribution >= 4 is 16.1 Å². The third kappa shape index (κ3) is 4.33. The summed E-state index contributed by atoms with van der Waals surface area (Å²) < 4.78 is 27.4. The molecule has 7 nitrogen and oxygen atoms in total. The maximum atomic E-state index is 12.1. The van der Waals surface area contributed by atoms with Gasteiger partial charge in [-0.25, -0.2) is 18.4 Å². The van der Waals surface area contributed by atoms with Crippen molar-refractivity contribution in [3.8, 4) is 0 Å². The summed E-state index contributed by atoms with van der Waals surface area (Å²) in [7, 11) is -2.05. The third-order valence-corrected chi connectivity index (χ3v) is 4.55. The highest BCUT2D eigenvalue weighted by molar-refractivity contribution is 7.89. The Bertz CT molecular complexity index is 755. The number of furan rings is 1. The van der Waals surface area contributed by atoms with Gasteiger partial charge in [0.2, 0.25) is 10.0 Å². The molecule has 0 fully saturated rings. The van der Waals surface area contributed by atoms with Crippen molar-refractivity contribution in [2.45, 2.75) is 24.4 Å². The molecule has 23 heavy (non-hydrogen) atoms. The van der Waals surface area contributed by atoms with Gasteiger partial charge in [0.15, 0.2) is 0 Å². The number of amides is 2. The van der Waals surface area contributed by atoms with E-state index in [9.17, 15) is 13.2 Å². The van der Waals surface area contributed by atoms with E-state index in [1.54, 1.807) is 37.8 Å². The Balaban J connectivity index is 2.00. The van der Waals surface area contributed by atoms with Gasteiger partial charge >= 0.3 is 6.03 Å². The monoisotopic (exact) mass is 337 g/mol. The number of hydrogen-bond donors (Lipinski definition) is 2. The molecule has 0 aliphatic rings. The number of carbonyl (C=O) groups excluding carboxylic acids is 1. The van der Waals surface area contributed by atoms with Gasteiger partial charge in [0, 0.05) is 19.2 Å². The largest absolute Gasteiger partial charge is 0.472 e. The maximum Gasteiger partial charge on any atom is 0.317 e. The molecule has 0 saturated carbocycles. The molecule has 124 valence electrons. The lowest BCUT2D eigenvalue weighted by atomic mass is 10.1. The molecule has 0 aliphatic carbocycles. The number of nitrogens with one attached hydrogen (secondary N) is 1. The van der Waals surface area contributed by atoms with E-state index in [0.29, 0.717) is 6.54 Å². The molecule has 3 N–H and O–H groups in total. The Labute approximate surface area is 135 Å². The molecule has 0 bridgehead atoms. The highest BCUT2D eigenvalue weighted by atomic mass is 32.2. The molecule has 1 aromatic heterocycles. The van der Waals surface area contributed by atoms with Gasteiger partial charge in [-0.3, -0.25) is 0 Å². The standard InChI is InChI=1S/C15H19N3O4S/c1-11(13-3-5-14(6-4-13)23(16,20)21)18(2)15(19)17-9-12-7-8-22-10-12/h3-8,10-11H,9H2,1-2H3,(H,17,19)(H2,16,20,21). The van der Waals surface area contributed by atoms with Gasteiger partial charge in [0.05, 0.1) is 23.5 Å². The second-order valence-corrected chi connectivity index (χ2v) is 6.75. The van der Waals surface area contributed by atoms with Crippen LogP contribution in [0.15, 0.2) is 52.2 Å². The molecule has 8 heteroatoms. The van der Waals surface area contributed by atoms with E-state index in [1.807, 2.05) is 6.92 Å². The molecule has 2 rings (SSSR count). The van der Waals surface area contributed by atoms with Crippen LogP contribution in [0, 0.1) is 0 Å². The van der Waals surface area contributed by atoms with E-state index >= 15 is 0 Å². The minimum atomic E-state index is -3.72. The number of benzene rings is 1. The van der Waals surface area contributed by atoms with Gasteiger partial charge in [0.25, 0.3) is 0 Å². The quantitative estimate of drug-likeness (QED) is 0.868. The van der Waals surface area contributed by atoms with Crippen molar-refractivity contribution in [2.24, 2.45) is 5.14 Å². The Kier molecular flexibility index (Phi) is 5.07. The first kappa shape index (κ1) is 17.0. The van der Waals surface area contributed by atoms with Crippen molar-refractivity contribution in [1.29, 1.82) is 0 Å². The second-order valence-electron chi connectivity index (χ2n) is 5.19. The van der Waals surface area contributed by atoms with Crippen molar-refractivity contribution in [2.75, 3.05) is 7.05 Å². The number of carbonyl (C=O) groups is 1. The molecular weight excluding hydrogens is 318 g/mol. The number of sulfonamides is 1. The summed E-state index contributed by atoms with van der Waals surface area (Å²) >= 11 is 0. The summed E-state index contributed by atoms with van der Waals surface area (Å²) in [6, 6.07) is 7.45. The summed E-state index contributed by atoms with van der Waals surface area (Å²) in [5.41, 5.74) is 1.68. The third-order valence-electron chi connectivity index (χ3n) is 3.62. The molecule has 2 amide bonds. The highest BCUT2D eigenvalue weighted by Crippen LogP contribution is 2.20. The van der Waals surface area contributed by atoms with E-state index < -0.39 is 10.0 Å². The number of nitrogens with two attached hydrogens (primary N) is 1. The normalized spacial score (nSPS) is 12.7. The number of hydrogen-bond acceptors (Lipinski definition) is 4. The van der Waals surface area contributed by atoms with E-state index in [1.165, 1.54) is 17.0 Å². The number of urea groups is 1. The first-order valence-corrected chi connectivity index (χ1v) is 8.48. The molecule has 1 unspecified atom stereocenters. The Hall–Kier alpha value is -2.32. The van der Waals surface area contributed by atoms with Crippen molar-refractivity contribution < 1.29 is 17.6 Å². The molecule has 0 aliphatic heterocycles. The predicted octanol–water partition coefficient (Wildman–Crippen LogP) is 1.83. The van der Waals surface area contributed by atoms with Crippen LogP contribution in [0.4, 0.5) is 4.79 Å². The fraction of sp³-hybridized carbons (Fsp3) is 0.267. The van der Waals surface area contributed by atoms with Gasteiger partial charge in [-0.05, 0) is 30.7 Å². The SMILES string of the molecule is CC(c1ccc(S(N)(=O)=O)cc1)N(C)C(=O)NCc1ccoc1. The zero-order valence-corrected chi connectivity index (χ0v) is 13.7. The van der Waals surface area contributed by atoms with E-state index in [-0.39, 0.29) is 17.0 Å². The van der Waals surface area contributed by atoms with Crippen LogP contribution >= 0.6 is 0 Å². The van der Waals surface area contributed by atoms with Gasteiger partial charge in [-0.1, -0.05) is 12.1 Å². The lowest BCUT2D eigenvalue weighted by Gasteiger charge is -2.25. The van der Waals surface area contributed by atoms with Gasteiger partial charge in [-0.2, -0.15) is 0 Å². The predicted molar refractivity (Wildman–Crippen MR) is 84.9 cm³/mol. The molecule has 1 heterocycles. The molecular formula is C15H19N3O4S. The summed E-state index contributed by atoms with van der Waals surface area (Å²) in [5.74, 6) is 0. The van der Waals surface area contributed by atoms with Gasteiger partial charge in [-0.15, -0.1) is 0 Å². The molecule has 2 aromatic rings. The Morgan fingerprint density at radius 1 is 1.30 bits per heavy atom. The van der Waals surface area contributed by atoms with Crippen LogP contribution in [0.3, 0.4) is 0 Å². The molecule has 1 aromatic carbocycles. The van der Waals surface area contributed by atoms with E-state index in [2.05, 4.69) is 5.32 Å². The average Bonchev–Trinajstić information content (AvgIpc) is 3.04. The highest BCUT2D eigenvalue weighted by Gasteiger charge is 2.18. The minimum absolute atomic E-state index is 0.0421.